The Morgan fingerprint density at radius 1 is 1.00 bits per heavy atom. The molecule has 0 heterocycles. The highest BCUT2D eigenvalue weighted by Crippen LogP contribution is 2.30. The molecule has 0 aromatic heterocycles. The predicted molar refractivity (Wildman–Crippen MR) is 110 cm³/mol. The summed E-state index contributed by atoms with van der Waals surface area (Å²) >= 11 is 0. The molecule has 1 aliphatic rings. The lowest BCUT2D eigenvalue weighted by molar-refractivity contribution is 0.122. The van der Waals surface area contributed by atoms with Crippen LogP contribution in [0.4, 0.5) is 0 Å². The number of nitrogens with one attached hydrogen (secondary N) is 1. The monoisotopic (exact) mass is 386 g/mol. The molecule has 2 aromatic rings. The molecule has 0 radical (unpaired) electrons. The third-order valence-electron chi connectivity index (χ3n) is 5.78. The van der Waals surface area contributed by atoms with Crippen molar-refractivity contribution in [3.05, 3.63) is 65.7 Å². The molecule has 5 heteroatoms. The number of rotatable bonds is 6. The second kappa shape index (κ2) is 8.55. The minimum atomic E-state index is -3.51. The molecule has 0 bridgehead atoms. The summed E-state index contributed by atoms with van der Waals surface area (Å²) in [5.74, 6) is 0. The molecule has 0 saturated heterocycles. The van der Waals surface area contributed by atoms with Gasteiger partial charge in [0.25, 0.3) is 0 Å². The maximum Gasteiger partial charge on any atom is 0.240 e. The van der Waals surface area contributed by atoms with E-state index in [2.05, 4.69) is 47.9 Å². The number of hydrogen-bond acceptors (Lipinski definition) is 3. The van der Waals surface area contributed by atoms with Crippen molar-refractivity contribution >= 4 is 10.0 Å². The number of benzene rings is 2. The smallest absolute Gasteiger partial charge is 0.240 e. The number of hydrogen-bond donors (Lipinski definition) is 1. The van der Waals surface area contributed by atoms with Crippen LogP contribution in [0.5, 0.6) is 0 Å². The molecule has 146 valence electrons. The van der Waals surface area contributed by atoms with Gasteiger partial charge in [-0.2, -0.15) is 0 Å². The van der Waals surface area contributed by atoms with E-state index in [0.29, 0.717) is 4.90 Å². The topological polar surface area (TPSA) is 49.4 Å². The second-order valence-electron chi connectivity index (χ2n) is 7.64. The Kier molecular flexibility index (Phi) is 6.35. The van der Waals surface area contributed by atoms with Crippen LogP contribution in [0.25, 0.3) is 0 Å². The quantitative estimate of drug-likeness (QED) is 0.806. The van der Waals surface area contributed by atoms with E-state index in [1.165, 1.54) is 5.56 Å². The van der Waals surface area contributed by atoms with E-state index >= 15 is 0 Å². The van der Waals surface area contributed by atoms with Crippen LogP contribution in [0.1, 0.15) is 49.8 Å². The van der Waals surface area contributed by atoms with Crippen LogP contribution in [0.2, 0.25) is 0 Å². The SMILES string of the molecule is Cc1ccc(S(=O)(=O)N[C@@H]2CCCC[C@H]2N(C)[C@H](C)c2ccccc2)cc1. The molecule has 0 aliphatic heterocycles. The van der Waals surface area contributed by atoms with Gasteiger partial charge in [-0.3, -0.25) is 4.90 Å². The number of sulfonamides is 1. The van der Waals surface area contributed by atoms with Gasteiger partial charge in [0.05, 0.1) is 4.90 Å². The highest BCUT2D eigenvalue weighted by molar-refractivity contribution is 7.89. The molecule has 0 unspecified atom stereocenters. The predicted octanol–water partition coefficient (Wildman–Crippen LogP) is 4.28. The average Bonchev–Trinajstić information content (AvgIpc) is 2.68. The van der Waals surface area contributed by atoms with Crippen molar-refractivity contribution in [2.45, 2.75) is 62.6 Å². The van der Waals surface area contributed by atoms with Crippen molar-refractivity contribution in [1.82, 2.24) is 9.62 Å². The fraction of sp³-hybridized carbons (Fsp3) is 0.455. The standard InChI is InChI=1S/C22H30N2O2S/c1-17-13-15-20(16-14-17)27(25,26)23-21-11-7-8-12-22(21)24(3)18(2)19-9-5-4-6-10-19/h4-6,9-10,13-16,18,21-23H,7-8,11-12H2,1-3H3/t18-,21-,22-/m1/s1. The molecular weight excluding hydrogens is 356 g/mol. The summed E-state index contributed by atoms with van der Waals surface area (Å²) in [4.78, 5) is 2.67. The van der Waals surface area contributed by atoms with Gasteiger partial charge >= 0.3 is 0 Å². The minimum Gasteiger partial charge on any atom is -0.295 e. The van der Waals surface area contributed by atoms with Gasteiger partial charge in [0.2, 0.25) is 10.0 Å². The molecular formula is C22H30N2O2S. The molecule has 0 amide bonds. The third kappa shape index (κ3) is 4.78. The van der Waals surface area contributed by atoms with E-state index in [1.54, 1.807) is 12.1 Å². The first-order chi connectivity index (χ1) is 12.9. The van der Waals surface area contributed by atoms with Gasteiger partial charge in [0, 0.05) is 18.1 Å². The van der Waals surface area contributed by atoms with Gasteiger partial charge in [0.15, 0.2) is 0 Å². The Bertz CT molecular complexity index is 834. The Hall–Kier alpha value is -1.69. The van der Waals surface area contributed by atoms with E-state index in [4.69, 9.17) is 0 Å². The van der Waals surface area contributed by atoms with Crippen LogP contribution in [0.15, 0.2) is 59.5 Å². The second-order valence-corrected chi connectivity index (χ2v) is 9.36. The lowest BCUT2D eigenvalue weighted by atomic mass is 9.88. The molecule has 1 saturated carbocycles. The summed E-state index contributed by atoms with van der Waals surface area (Å²) in [5.41, 5.74) is 2.31. The van der Waals surface area contributed by atoms with Gasteiger partial charge in [-0.25, -0.2) is 13.1 Å². The molecule has 1 fully saturated rings. The Morgan fingerprint density at radius 3 is 2.30 bits per heavy atom. The summed E-state index contributed by atoms with van der Waals surface area (Å²) in [6.07, 6.45) is 4.08. The first-order valence-electron chi connectivity index (χ1n) is 9.74. The summed E-state index contributed by atoms with van der Waals surface area (Å²) in [6, 6.07) is 17.8. The molecule has 3 rings (SSSR count). The van der Waals surface area contributed by atoms with Gasteiger partial charge < -0.3 is 0 Å². The van der Waals surface area contributed by atoms with E-state index < -0.39 is 10.0 Å². The van der Waals surface area contributed by atoms with Crippen LogP contribution in [-0.4, -0.2) is 32.4 Å². The van der Waals surface area contributed by atoms with E-state index in [-0.39, 0.29) is 18.1 Å². The summed E-state index contributed by atoms with van der Waals surface area (Å²) in [6.45, 7) is 4.15. The van der Waals surface area contributed by atoms with Crippen LogP contribution in [-0.2, 0) is 10.0 Å². The van der Waals surface area contributed by atoms with E-state index in [0.717, 1.165) is 31.2 Å². The number of likely N-dealkylation sites (N-methyl/N-ethyl adjacent to an activating group) is 1. The largest absolute Gasteiger partial charge is 0.295 e. The average molecular weight is 387 g/mol. The zero-order valence-electron chi connectivity index (χ0n) is 16.4. The van der Waals surface area contributed by atoms with Crippen molar-refractivity contribution in [1.29, 1.82) is 0 Å². The number of aryl methyl sites for hydroxylation is 1. The highest BCUT2D eigenvalue weighted by atomic mass is 32.2. The van der Waals surface area contributed by atoms with Crippen molar-refractivity contribution in [3.63, 3.8) is 0 Å². The fourth-order valence-electron chi connectivity index (χ4n) is 3.97. The highest BCUT2D eigenvalue weighted by Gasteiger charge is 2.33. The lowest BCUT2D eigenvalue weighted by Crippen LogP contribution is -2.52. The van der Waals surface area contributed by atoms with E-state index in [9.17, 15) is 8.42 Å². The first-order valence-corrected chi connectivity index (χ1v) is 11.2. The Labute approximate surface area is 163 Å². The zero-order chi connectivity index (χ0) is 19.4. The molecule has 1 aliphatic carbocycles. The lowest BCUT2D eigenvalue weighted by Gasteiger charge is -2.41. The van der Waals surface area contributed by atoms with Gasteiger partial charge in [-0.15, -0.1) is 0 Å². The summed E-state index contributed by atoms with van der Waals surface area (Å²) in [7, 11) is -1.40. The molecule has 1 N–H and O–H groups in total. The van der Waals surface area contributed by atoms with Gasteiger partial charge in [0.1, 0.15) is 0 Å². The Morgan fingerprint density at radius 2 is 1.63 bits per heavy atom. The molecule has 2 aromatic carbocycles. The van der Waals surface area contributed by atoms with E-state index in [1.807, 2.05) is 25.1 Å². The zero-order valence-corrected chi connectivity index (χ0v) is 17.2. The maximum atomic E-state index is 12.9. The molecule has 0 spiro atoms. The number of nitrogens with zero attached hydrogens (tertiary/aromatic N) is 1. The van der Waals surface area contributed by atoms with Gasteiger partial charge in [-0.05, 0) is 51.4 Å². The van der Waals surface area contributed by atoms with Crippen molar-refractivity contribution in [3.8, 4) is 0 Å². The summed E-state index contributed by atoms with van der Waals surface area (Å²) in [5, 5.41) is 0. The van der Waals surface area contributed by atoms with Crippen LogP contribution < -0.4 is 4.72 Å². The third-order valence-corrected chi connectivity index (χ3v) is 7.29. The van der Waals surface area contributed by atoms with Gasteiger partial charge in [-0.1, -0.05) is 60.9 Å². The van der Waals surface area contributed by atoms with Crippen molar-refractivity contribution < 1.29 is 8.42 Å². The maximum absolute atomic E-state index is 12.9. The first kappa shape index (κ1) is 20.1. The summed E-state index contributed by atoms with van der Waals surface area (Å²) < 4.78 is 28.8. The van der Waals surface area contributed by atoms with Crippen molar-refractivity contribution in [2.24, 2.45) is 0 Å². The normalized spacial score (nSPS) is 21.9. The van der Waals surface area contributed by atoms with Crippen molar-refractivity contribution in [2.75, 3.05) is 7.05 Å². The molecule has 27 heavy (non-hydrogen) atoms. The molecule has 4 nitrogen and oxygen atoms in total. The van der Waals surface area contributed by atoms with Crippen LogP contribution in [0.3, 0.4) is 0 Å². The fourth-order valence-corrected chi connectivity index (χ4v) is 5.28. The minimum absolute atomic E-state index is 0.0683. The Balaban J connectivity index is 1.78. The van der Waals surface area contributed by atoms with Crippen LogP contribution >= 0.6 is 0 Å². The molecule has 3 atom stereocenters. The van der Waals surface area contributed by atoms with Crippen LogP contribution in [0, 0.1) is 6.92 Å².